The predicted octanol–water partition coefficient (Wildman–Crippen LogP) is 5.86. The molecule has 5 rings (SSSR count). The van der Waals surface area contributed by atoms with Gasteiger partial charge in [0.05, 0.1) is 0 Å². The molecule has 0 radical (unpaired) electrons. The van der Waals surface area contributed by atoms with Crippen LogP contribution in [0.5, 0.6) is 0 Å². The lowest BCUT2D eigenvalue weighted by atomic mass is 9.98. The number of hydrogen-bond donors (Lipinski definition) is 5. The van der Waals surface area contributed by atoms with Gasteiger partial charge in [0, 0.05) is 18.9 Å². The molecule has 0 unspecified atom stereocenters. The van der Waals surface area contributed by atoms with E-state index in [4.69, 9.17) is 9.47 Å². The van der Waals surface area contributed by atoms with Gasteiger partial charge >= 0.3 is 18.2 Å². The maximum Gasteiger partial charge on any atom is 0.407 e. The number of carboxylic acids is 1. The fourth-order valence-corrected chi connectivity index (χ4v) is 6.48. The quantitative estimate of drug-likeness (QED) is 0.0586. The molecule has 4 aromatic carbocycles. The highest BCUT2D eigenvalue weighted by Gasteiger charge is 2.31. The third-order valence-electron chi connectivity index (χ3n) is 9.29. The van der Waals surface area contributed by atoms with Gasteiger partial charge in [0.1, 0.15) is 31.3 Å². The van der Waals surface area contributed by atoms with Crippen LogP contribution >= 0.6 is 0 Å². The van der Waals surface area contributed by atoms with E-state index in [-0.39, 0.29) is 44.9 Å². The Kier molecular flexibility index (Phi) is 14.6. The number of hydrogen-bond acceptors (Lipinski definition) is 7. The number of rotatable bonds is 19. The van der Waals surface area contributed by atoms with Crippen molar-refractivity contribution in [3.63, 3.8) is 0 Å². The summed E-state index contributed by atoms with van der Waals surface area (Å²) >= 11 is 0. The summed E-state index contributed by atoms with van der Waals surface area (Å²) in [6, 6.07) is 30.5. The van der Waals surface area contributed by atoms with Gasteiger partial charge in [-0.25, -0.2) is 14.4 Å². The molecule has 4 aromatic rings. The smallest absolute Gasteiger partial charge is 0.407 e. The first-order valence-corrected chi connectivity index (χ1v) is 18.3. The van der Waals surface area contributed by atoms with Crippen LogP contribution in [0.25, 0.3) is 11.1 Å². The molecule has 3 atom stereocenters. The van der Waals surface area contributed by atoms with Crippen LogP contribution in [0.4, 0.5) is 9.59 Å². The average Bonchev–Trinajstić information content (AvgIpc) is 3.52. The Balaban J connectivity index is 1.20. The van der Waals surface area contributed by atoms with Gasteiger partial charge in [-0.05, 0) is 59.1 Å². The molecule has 0 heterocycles. The van der Waals surface area contributed by atoms with Crippen LogP contribution in [0.3, 0.4) is 0 Å². The first kappa shape index (κ1) is 39.8. The van der Waals surface area contributed by atoms with Crippen LogP contribution in [0.15, 0.2) is 122 Å². The lowest BCUT2D eigenvalue weighted by Crippen LogP contribution is -2.56. The molecule has 55 heavy (non-hydrogen) atoms. The van der Waals surface area contributed by atoms with Crippen molar-refractivity contribution in [1.29, 1.82) is 0 Å². The topological polar surface area (TPSA) is 172 Å². The summed E-state index contributed by atoms with van der Waals surface area (Å²) < 4.78 is 11.0. The van der Waals surface area contributed by atoms with E-state index in [1.807, 2.05) is 78.9 Å². The largest absolute Gasteiger partial charge is 0.480 e. The second-order valence-corrected chi connectivity index (χ2v) is 13.2. The van der Waals surface area contributed by atoms with E-state index in [1.165, 1.54) is 6.08 Å². The molecule has 0 saturated heterocycles. The third-order valence-corrected chi connectivity index (χ3v) is 9.29. The van der Waals surface area contributed by atoms with E-state index >= 15 is 0 Å². The molecule has 5 N–H and O–H groups in total. The minimum absolute atomic E-state index is 0.00191. The molecule has 0 fully saturated rings. The number of benzene rings is 4. The first-order valence-electron chi connectivity index (χ1n) is 18.3. The summed E-state index contributed by atoms with van der Waals surface area (Å²) in [7, 11) is 0. The molecule has 0 bridgehead atoms. The fraction of sp³-hybridized carbons (Fsp3) is 0.279. The Morgan fingerprint density at radius 3 is 1.84 bits per heavy atom. The van der Waals surface area contributed by atoms with Gasteiger partial charge in [-0.1, -0.05) is 115 Å². The highest BCUT2D eigenvalue weighted by Crippen LogP contribution is 2.44. The zero-order chi connectivity index (χ0) is 39.0. The van der Waals surface area contributed by atoms with Crippen LogP contribution in [0.1, 0.15) is 53.9 Å². The van der Waals surface area contributed by atoms with Gasteiger partial charge in [0.15, 0.2) is 0 Å². The van der Waals surface area contributed by atoms with Crippen molar-refractivity contribution in [1.82, 2.24) is 21.3 Å². The number of carbonyl (C=O) groups is 5. The third kappa shape index (κ3) is 11.5. The summed E-state index contributed by atoms with van der Waals surface area (Å²) in [5.74, 6) is -2.81. The van der Waals surface area contributed by atoms with Crippen LogP contribution in [0.2, 0.25) is 0 Å². The number of ether oxygens (including phenoxy) is 2. The van der Waals surface area contributed by atoms with Crippen LogP contribution < -0.4 is 21.3 Å². The van der Waals surface area contributed by atoms with Gasteiger partial charge in [0.25, 0.3) is 0 Å². The highest BCUT2D eigenvalue weighted by atomic mass is 16.6. The highest BCUT2D eigenvalue weighted by molar-refractivity contribution is 5.93. The monoisotopic (exact) mass is 746 g/mol. The molecular formula is C43H46N4O8. The second kappa shape index (κ2) is 20.1. The van der Waals surface area contributed by atoms with Crippen LogP contribution in [0, 0.1) is 0 Å². The average molecular weight is 747 g/mol. The number of nitrogens with one attached hydrogen (secondary N) is 4. The van der Waals surface area contributed by atoms with Gasteiger partial charge in [0.2, 0.25) is 11.8 Å². The lowest BCUT2D eigenvalue weighted by molar-refractivity contribution is -0.142. The summed E-state index contributed by atoms with van der Waals surface area (Å²) in [4.78, 5) is 64.7. The molecule has 12 nitrogen and oxygen atoms in total. The Bertz CT molecular complexity index is 1890. The molecule has 0 spiro atoms. The normalized spacial score (nSPS) is 13.2. The van der Waals surface area contributed by atoms with Crippen molar-refractivity contribution in [2.75, 3.05) is 13.2 Å². The number of fused-ring (bicyclic) bond motifs is 3. The summed E-state index contributed by atoms with van der Waals surface area (Å²) in [5, 5.41) is 20.4. The Hall–Kier alpha value is -6.43. The summed E-state index contributed by atoms with van der Waals surface area (Å²) in [5.41, 5.74) is 5.77. The van der Waals surface area contributed by atoms with E-state index < -0.39 is 48.1 Å². The van der Waals surface area contributed by atoms with Crippen molar-refractivity contribution in [2.45, 2.75) is 62.8 Å². The Morgan fingerprint density at radius 1 is 0.655 bits per heavy atom. The minimum Gasteiger partial charge on any atom is -0.480 e. The van der Waals surface area contributed by atoms with Crippen LogP contribution in [-0.4, -0.2) is 66.4 Å². The predicted molar refractivity (Wildman–Crippen MR) is 207 cm³/mol. The summed E-state index contributed by atoms with van der Waals surface area (Å²) in [6.45, 7) is 4.10. The lowest BCUT2D eigenvalue weighted by Gasteiger charge is -2.24. The van der Waals surface area contributed by atoms with E-state index in [2.05, 4.69) is 27.8 Å². The number of amides is 4. The number of aliphatic carboxylic acids is 1. The van der Waals surface area contributed by atoms with Crippen molar-refractivity contribution >= 4 is 30.0 Å². The van der Waals surface area contributed by atoms with Crippen molar-refractivity contribution in [2.24, 2.45) is 0 Å². The maximum atomic E-state index is 13.8. The van der Waals surface area contributed by atoms with E-state index in [0.29, 0.717) is 18.4 Å². The molecule has 0 saturated carbocycles. The van der Waals surface area contributed by atoms with Crippen molar-refractivity contribution in [3.8, 4) is 11.1 Å². The molecule has 0 aliphatic heterocycles. The zero-order valence-corrected chi connectivity index (χ0v) is 30.4. The molecule has 1 aliphatic rings. The zero-order valence-electron chi connectivity index (χ0n) is 30.4. The Morgan fingerprint density at radius 2 is 1.22 bits per heavy atom. The molecule has 12 heteroatoms. The standard InChI is InChI=1S/C43H46N4O8/c1-2-15-36(39(48)46-38(41(50)51)26-29-16-5-3-6-17-29)45-40(49)37(24-13-14-25-44-42(52)54-27-30-18-7-4-8-19-30)47-43(53)55-28-35-33-22-11-9-20-31(33)32-21-10-12-23-34(32)35/h2-12,16-23,35-38H,1,13-15,24-28H2,(H,44,52)(H,45,49)(H,46,48)(H,47,53)(H,50,51)/t36-,37+,38-/m1/s1. The van der Waals surface area contributed by atoms with Gasteiger partial charge in [-0.3, -0.25) is 9.59 Å². The SMILES string of the molecule is C=CC[C@@H](NC(=O)[C@H](CCCCNC(=O)OCc1ccccc1)NC(=O)OCC1c2ccccc2-c2ccccc21)C(=O)N[C@H](Cc1ccccc1)C(=O)O. The second-order valence-electron chi connectivity index (χ2n) is 13.2. The van der Waals surface area contributed by atoms with Gasteiger partial charge in [-0.15, -0.1) is 6.58 Å². The molecule has 286 valence electrons. The van der Waals surface area contributed by atoms with Crippen LogP contribution in [-0.2, 0) is 36.9 Å². The van der Waals surface area contributed by atoms with Crippen molar-refractivity contribution < 1.29 is 38.6 Å². The molecule has 4 amide bonds. The Labute approximate surface area is 320 Å². The number of alkyl carbamates (subject to hydrolysis) is 2. The summed E-state index contributed by atoms with van der Waals surface area (Å²) in [6.07, 6.45) is 1.07. The maximum absolute atomic E-state index is 13.8. The number of unbranched alkanes of at least 4 members (excludes halogenated alkanes) is 1. The van der Waals surface area contributed by atoms with Gasteiger partial charge in [-0.2, -0.15) is 0 Å². The van der Waals surface area contributed by atoms with E-state index in [1.54, 1.807) is 30.3 Å². The van der Waals surface area contributed by atoms with E-state index in [9.17, 15) is 29.1 Å². The number of carboxylic acid groups (broad SMARTS) is 1. The molecule has 1 aliphatic carbocycles. The van der Waals surface area contributed by atoms with E-state index in [0.717, 1.165) is 27.8 Å². The van der Waals surface area contributed by atoms with Gasteiger partial charge < -0.3 is 35.8 Å². The fourth-order valence-electron chi connectivity index (χ4n) is 6.48. The minimum atomic E-state index is -1.25. The first-order chi connectivity index (χ1) is 26.7. The molecular weight excluding hydrogens is 700 g/mol. The number of carbonyl (C=O) groups excluding carboxylic acids is 4. The van der Waals surface area contributed by atoms with Crippen molar-refractivity contribution in [3.05, 3.63) is 144 Å². The molecule has 0 aromatic heterocycles.